The molecule has 12 heteroatoms. The highest BCUT2D eigenvalue weighted by Crippen LogP contribution is 2.36. The van der Waals surface area contributed by atoms with Crippen LogP contribution in [0.4, 0.5) is 23.7 Å². The molecular formula is C21H16BrF3N4O4. The maximum Gasteiger partial charge on any atom is 0.417 e. The summed E-state index contributed by atoms with van der Waals surface area (Å²) in [7, 11) is 1.49. The van der Waals surface area contributed by atoms with Gasteiger partial charge in [-0.15, -0.1) is 0 Å². The Bertz CT molecular complexity index is 1160. The molecule has 3 aromatic rings. The van der Waals surface area contributed by atoms with Gasteiger partial charge in [0.05, 0.1) is 5.56 Å². The average molecular weight is 525 g/mol. The normalized spacial score (nSPS) is 10.8. The van der Waals surface area contributed by atoms with Gasteiger partial charge in [-0.2, -0.15) is 18.7 Å². The molecule has 3 N–H and O–H groups in total. The van der Waals surface area contributed by atoms with E-state index in [9.17, 15) is 22.8 Å². The molecule has 0 atom stereocenters. The first kappa shape index (κ1) is 23.9. The average Bonchev–Trinajstić information content (AvgIpc) is 2.78. The molecule has 0 radical (unpaired) electrons. The van der Waals surface area contributed by atoms with E-state index in [4.69, 9.17) is 9.57 Å². The minimum absolute atomic E-state index is 0.147. The van der Waals surface area contributed by atoms with Crippen molar-refractivity contribution in [3.05, 3.63) is 76.5 Å². The monoisotopic (exact) mass is 524 g/mol. The minimum Gasteiger partial charge on any atom is -0.457 e. The number of rotatable bonds is 6. The molecule has 1 heterocycles. The molecule has 0 unspecified atom stereocenters. The van der Waals surface area contributed by atoms with Crippen molar-refractivity contribution in [3.63, 3.8) is 0 Å². The first-order chi connectivity index (χ1) is 15.7. The van der Waals surface area contributed by atoms with Crippen molar-refractivity contribution in [1.82, 2.24) is 15.8 Å². The van der Waals surface area contributed by atoms with Crippen LogP contribution in [0.1, 0.15) is 16.1 Å². The van der Waals surface area contributed by atoms with Crippen molar-refractivity contribution in [3.8, 4) is 17.2 Å². The van der Waals surface area contributed by atoms with Gasteiger partial charge in [-0.25, -0.2) is 4.79 Å². The van der Waals surface area contributed by atoms with E-state index in [1.54, 1.807) is 18.2 Å². The number of hydroxylamine groups is 1. The topological polar surface area (TPSA) is 102 Å². The van der Waals surface area contributed by atoms with Crippen LogP contribution in [0.15, 0.2) is 65.3 Å². The minimum atomic E-state index is -4.58. The summed E-state index contributed by atoms with van der Waals surface area (Å²) < 4.78 is 44.3. The number of nitrogens with one attached hydrogen (secondary N) is 3. The molecule has 1 aromatic heterocycles. The molecule has 0 aliphatic rings. The summed E-state index contributed by atoms with van der Waals surface area (Å²) in [4.78, 5) is 32.5. The lowest BCUT2D eigenvalue weighted by Gasteiger charge is -2.13. The number of carbonyl (C=O) groups excluding carboxylic acids is 2. The van der Waals surface area contributed by atoms with Gasteiger partial charge in [0, 0.05) is 29.5 Å². The van der Waals surface area contributed by atoms with Gasteiger partial charge in [0.1, 0.15) is 17.2 Å². The van der Waals surface area contributed by atoms with Gasteiger partial charge in [-0.1, -0.05) is 15.9 Å². The van der Waals surface area contributed by atoms with Gasteiger partial charge in [0.2, 0.25) is 0 Å². The highest BCUT2D eigenvalue weighted by molar-refractivity contribution is 9.10. The lowest BCUT2D eigenvalue weighted by atomic mass is 10.2. The van der Waals surface area contributed by atoms with E-state index >= 15 is 0 Å². The molecule has 0 saturated heterocycles. The summed E-state index contributed by atoms with van der Waals surface area (Å²) in [5, 5.41) is 4.93. The van der Waals surface area contributed by atoms with E-state index in [-0.39, 0.29) is 21.8 Å². The molecular weight excluding hydrogens is 509 g/mol. The highest BCUT2D eigenvalue weighted by atomic mass is 79.9. The standard InChI is InChI=1S/C21H16BrF3N4O4/c1-26-19(30)18-11-14(8-9-27-18)32-13-4-2-12(3-5-13)28-20(31)29-33-15-6-7-17(22)16(10-15)21(23,24)25/h2-11H,1H3,(H,26,30)(H2,28,29,31). The summed E-state index contributed by atoms with van der Waals surface area (Å²) in [5.74, 6) is 0.271. The zero-order chi connectivity index (χ0) is 24.0. The molecule has 3 amide bonds. The summed E-state index contributed by atoms with van der Waals surface area (Å²) in [6.07, 6.45) is -3.15. The molecule has 3 rings (SSSR count). The first-order valence-corrected chi connectivity index (χ1v) is 10.0. The number of hydrogen-bond donors (Lipinski definition) is 3. The predicted molar refractivity (Wildman–Crippen MR) is 116 cm³/mol. The number of amides is 3. The van der Waals surface area contributed by atoms with Gasteiger partial charge in [0.15, 0.2) is 5.75 Å². The fourth-order valence-electron chi connectivity index (χ4n) is 2.52. The van der Waals surface area contributed by atoms with Crippen LogP contribution in [-0.2, 0) is 6.18 Å². The third kappa shape index (κ3) is 6.59. The molecule has 172 valence electrons. The maximum atomic E-state index is 12.9. The van der Waals surface area contributed by atoms with Crippen LogP contribution >= 0.6 is 15.9 Å². The van der Waals surface area contributed by atoms with Crippen LogP contribution in [0.5, 0.6) is 17.2 Å². The summed E-state index contributed by atoms with van der Waals surface area (Å²) >= 11 is 2.82. The van der Waals surface area contributed by atoms with Crippen LogP contribution in [0.2, 0.25) is 0 Å². The molecule has 0 aliphatic carbocycles. The Morgan fingerprint density at radius 1 is 0.970 bits per heavy atom. The van der Waals surface area contributed by atoms with Crippen molar-refractivity contribution in [2.24, 2.45) is 0 Å². The fraction of sp³-hybridized carbons (Fsp3) is 0.0952. The molecule has 0 aliphatic heterocycles. The van der Waals surface area contributed by atoms with Crippen molar-refractivity contribution >= 4 is 33.6 Å². The van der Waals surface area contributed by atoms with E-state index in [1.807, 2.05) is 5.48 Å². The Hall–Kier alpha value is -3.80. The Morgan fingerprint density at radius 3 is 2.33 bits per heavy atom. The molecule has 0 spiro atoms. The molecule has 2 aromatic carbocycles. The quantitative estimate of drug-likeness (QED) is 0.388. The second-order valence-corrected chi connectivity index (χ2v) is 7.23. The van der Waals surface area contributed by atoms with Gasteiger partial charge in [-0.05, 0) is 48.5 Å². The second-order valence-electron chi connectivity index (χ2n) is 6.38. The summed E-state index contributed by atoms with van der Waals surface area (Å²) in [6, 6.07) is 11.7. The van der Waals surface area contributed by atoms with Gasteiger partial charge >= 0.3 is 12.2 Å². The van der Waals surface area contributed by atoms with Crippen LogP contribution in [0.3, 0.4) is 0 Å². The zero-order valence-corrected chi connectivity index (χ0v) is 18.5. The molecule has 0 saturated carbocycles. The number of pyridine rings is 1. The van der Waals surface area contributed by atoms with Gasteiger partial charge in [-0.3, -0.25) is 9.78 Å². The number of benzene rings is 2. The van der Waals surface area contributed by atoms with Crippen molar-refractivity contribution in [2.45, 2.75) is 6.18 Å². The maximum absolute atomic E-state index is 12.9. The van der Waals surface area contributed by atoms with E-state index in [2.05, 4.69) is 31.5 Å². The lowest BCUT2D eigenvalue weighted by molar-refractivity contribution is -0.138. The Kier molecular flexibility index (Phi) is 7.38. The number of alkyl halides is 3. The number of aromatic nitrogens is 1. The number of anilines is 1. The first-order valence-electron chi connectivity index (χ1n) is 9.22. The van der Waals surface area contributed by atoms with Gasteiger partial charge < -0.3 is 20.2 Å². The Balaban J connectivity index is 1.56. The number of nitrogens with zero attached hydrogens (tertiary/aromatic N) is 1. The van der Waals surface area contributed by atoms with Gasteiger partial charge in [0.25, 0.3) is 5.91 Å². The second kappa shape index (κ2) is 10.2. The van der Waals surface area contributed by atoms with Crippen molar-refractivity contribution in [1.29, 1.82) is 0 Å². The van der Waals surface area contributed by atoms with Crippen LogP contribution in [-0.4, -0.2) is 24.0 Å². The van der Waals surface area contributed by atoms with E-state index in [0.717, 1.165) is 12.1 Å². The van der Waals surface area contributed by atoms with Crippen molar-refractivity contribution < 1.29 is 32.3 Å². The Labute approximate surface area is 194 Å². The summed E-state index contributed by atoms with van der Waals surface area (Å²) in [6.45, 7) is 0. The Morgan fingerprint density at radius 2 is 1.67 bits per heavy atom. The lowest BCUT2D eigenvalue weighted by Crippen LogP contribution is -2.31. The summed E-state index contributed by atoms with van der Waals surface area (Å²) in [5.41, 5.74) is 1.64. The predicted octanol–water partition coefficient (Wildman–Crippen LogP) is 5.13. The zero-order valence-electron chi connectivity index (χ0n) is 16.9. The smallest absolute Gasteiger partial charge is 0.417 e. The molecule has 33 heavy (non-hydrogen) atoms. The SMILES string of the molecule is CNC(=O)c1cc(Oc2ccc(NC(=O)NOc3ccc(Br)c(C(F)(F)F)c3)cc2)ccn1. The van der Waals surface area contributed by atoms with Crippen LogP contribution < -0.4 is 25.7 Å². The third-order valence-electron chi connectivity index (χ3n) is 4.04. The number of hydrogen-bond acceptors (Lipinski definition) is 5. The molecule has 8 nitrogen and oxygen atoms in total. The van der Waals surface area contributed by atoms with E-state index < -0.39 is 17.8 Å². The number of ether oxygens (including phenoxy) is 1. The van der Waals surface area contributed by atoms with E-state index in [1.165, 1.54) is 37.5 Å². The van der Waals surface area contributed by atoms with Crippen molar-refractivity contribution in [2.75, 3.05) is 12.4 Å². The van der Waals surface area contributed by atoms with E-state index in [0.29, 0.717) is 17.2 Å². The third-order valence-corrected chi connectivity index (χ3v) is 4.74. The number of urea groups is 1. The number of carbonyl (C=O) groups is 2. The van der Waals surface area contributed by atoms with Crippen LogP contribution in [0.25, 0.3) is 0 Å². The fourth-order valence-corrected chi connectivity index (χ4v) is 2.99. The number of halogens is 4. The molecule has 0 bridgehead atoms. The molecule has 0 fully saturated rings. The highest BCUT2D eigenvalue weighted by Gasteiger charge is 2.33. The van der Waals surface area contributed by atoms with Crippen LogP contribution in [0, 0.1) is 0 Å². The largest absolute Gasteiger partial charge is 0.457 e.